The number of methoxy groups -OCH3 is 1. The van der Waals surface area contributed by atoms with E-state index in [-0.39, 0.29) is 11.9 Å². The van der Waals surface area contributed by atoms with Crippen molar-refractivity contribution in [3.8, 4) is 5.75 Å². The second-order valence-electron chi connectivity index (χ2n) is 5.47. The number of ether oxygens (including phenoxy) is 2. The Hall–Kier alpha value is -1.39. The molecule has 1 heterocycles. The number of nitrogens with zero attached hydrogens (tertiary/aromatic N) is 1. The summed E-state index contributed by atoms with van der Waals surface area (Å²) < 4.78 is 10.9. The topological polar surface area (TPSA) is 38.8 Å². The molecule has 2 rings (SSSR count). The Balaban J connectivity index is 2.08. The minimum Gasteiger partial charge on any atom is -0.496 e. The molecule has 1 saturated heterocycles. The van der Waals surface area contributed by atoms with E-state index in [0.29, 0.717) is 23.9 Å². The summed E-state index contributed by atoms with van der Waals surface area (Å²) in [6.45, 7) is 5.21. The number of likely N-dealkylation sites (N-methyl/N-ethyl adjacent to an activating group) is 1. The SMILES string of the molecule is COc1cc(C)ccc1C(=O)CN(C)C1CCOC1C. The smallest absolute Gasteiger partial charge is 0.180 e. The van der Waals surface area contributed by atoms with Crippen LogP contribution >= 0.6 is 0 Å². The molecule has 1 fully saturated rings. The normalized spacial score (nSPS) is 22.2. The van der Waals surface area contributed by atoms with Crippen molar-refractivity contribution in [1.82, 2.24) is 4.90 Å². The maximum Gasteiger partial charge on any atom is 0.180 e. The zero-order valence-electron chi connectivity index (χ0n) is 12.7. The van der Waals surface area contributed by atoms with Gasteiger partial charge in [-0.3, -0.25) is 9.69 Å². The monoisotopic (exact) mass is 277 g/mol. The number of carbonyl (C=O) groups is 1. The van der Waals surface area contributed by atoms with Crippen molar-refractivity contribution in [1.29, 1.82) is 0 Å². The van der Waals surface area contributed by atoms with E-state index in [4.69, 9.17) is 9.47 Å². The van der Waals surface area contributed by atoms with Gasteiger partial charge in [0.25, 0.3) is 0 Å². The average Bonchev–Trinajstić information content (AvgIpc) is 2.84. The second-order valence-corrected chi connectivity index (χ2v) is 5.47. The molecular weight excluding hydrogens is 254 g/mol. The van der Waals surface area contributed by atoms with Crippen LogP contribution in [0.4, 0.5) is 0 Å². The number of ketones is 1. The summed E-state index contributed by atoms with van der Waals surface area (Å²) in [6.07, 6.45) is 1.17. The molecule has 0 spiro atoms. The number of benzene rings is 1. The molecule has 0 radical (unpaired) electrons. The zero-order valence-corrected chi connectivity index (χ0v) is 12.7. The first kappa shape index (κ1) is 15.0. The first-order valence-corrected chi connectivity index (χ1v) is 7.02. The van der Waals surface area contributed by atoms with Gasteiger partial charge >= 0.3 is 0 Å². The number of aryl methyl sites for hydroxylation is 1. The van der Waals surface area contributed by atoms with Crippen molar-refractivity contribution in [3.63, 3.8) is 0 Å². The van der Waals surface area contributed by atoms with Crippen LogP contribution in [0.25, 0.3) is 0 Å². The first-order chi connectivity index (χ1) is 9.52. The van der Waals surface area contributed by atoms with Crippen LogP contribution in [0.1, 0.15) is 29.3 Å². The fourth-order valence-corrected chi connectivity index (χ4v) is 2.76. The Bertz CT molecular complexity index is 487. The quantitative estimate of drug-likeness (QED) is 0.774. The lowest BCUT2D eigenvalue weighted by molar-refractivity contribution is 0.0744. The Morgan fingerprint density at radius 2 is 2.25 bits per heavy atom. The zero-order chi connectivity index (χ0) is 14.7. The van der Waals surface area contributed by atoms with E-state index < -0.39 is 0 Å². The van der Waals surface area contributed by atoms with Crippen LogP contribution in [0, 0.1) is 6.92 Å². The molecule has 0 N–H and O–H groups in total. The van der Waals surface area contributed by atoms with E-state index in [1.165, 1.54) is 0 Å². The van der Waals surface area contributed by atoms with E-state index in [2.05, 4.69) is 11.8 Å². The van der Waals surface area contributed by atoms with E-state index in [1.807, 2.05) is 32.2 Å². The molecule has 2 atom stereocenters. The fourth-order valence-electron chi connectivity index (χ4n) is 2.76. The van der Waals surface area contributed by atoms with Crippen molar-refractivity contribution < 1.29 is 14.3 Å². The molecule has 4 nitrogen and oxygen atoms in total. The highest BCUT2D eigenvalue weighted by Gasteiger charge is 2.29. The van der Waals surface area contributed by atoms with Crippen LogP contribution in [-0.2, 0) is 4.74 Å². The number of hydrogen-bond acceptors (Lipinski definition) is 4. The van der Waals surface area contributed by atoms with Gasteiger partial charge in [-0.25, -0.2) is 0 Å². The lowest BCUT2D eigenvalue weighted by atomic mass is 10.1. The van der Waals surface area contributed by atoms with Gasteiger partial charge in [0.2, 0.25) is 0 Å². The molecule has 110 valence electrons. The number of hydrogen-bond donors (Lipinski definition) is 0. The largest absolute Gasteiger partial charge is 0.496 e. The molecule has 0 saturated carbocycles. The molecule has 1 aliphatic rings. The Labute approximate surface area is 120 Å². The van der Waals surface area contributed by atoms with Gasteiger partial charge in [-0.05, 0) is 45.0 Å². The molecule has 0 amide bonds. The van der Waals surface area contributed by atoms with Gasteiger partial charge in [-0.2, -0.15) is 0 Å². The first-order valence-electron chi connectivity index (χ1n) is 7.02. The third-order valence-corrected chi connectivity index (χ3v) is 3.95. The highest BCUT2D eigenvalue weighted by Crippen LogP contribution is 2.22. The van der Waals surface area contributed by atoms with Crippen LogP contribution in [0.3, 0.4) is 0 Å². The molecule has 1 aliphatic heterocycles. The van der Waals surface area contributed by atoms with Gasteiger partial charge in [0.05, 0.1) is 25.3 Å². The molecule has 2 unspecified atom stereocenters. The number of Topliss-reactive ketones (excluding diaryl/α,β-unsaturated/α-hetero) is 1. The Kier molecular flexibility index (Phi) is 4.78. The van der Waals surface area contributed by atoms with Gasteiger partial charge < -0.3 is 9.47 Å². The fraction of sp³-hybridized carbons (Fsp3) is 0.562. The maximum absolute atomic E-state index is 12.4. The Morgan fingerprint density at radius 1 is 1.50 bits per heavy atom. The average molecular weight is 277 g/mol. The molecule has 1 aromatic carbocycles. The van der Waals surface area contributed by atoms with Crippen molar-refractivity contribution in [2.75, 3.05) is 27.3 Å². The van der Waals surface area contributed by atoms with Crippen molar-refractivity contribution in [3.05, 3.63) is 29.3 Å². The molecule has 0 bridgehead atoms. The van der Waals surface area contributed by atoms with Crippen LogP contribution in [0.2, 0.25) is 0 Å². The summed E-state index contributed by atoms with van der Waals surface area (Å²) in [5.41, 5.74) is 1.74. The predicted molar refractivity (Wildman–Crippen MR) is 78.5 cm³/mol. The highest BCUT2D eigenvalue weighted by molar-refractivity contribution is 6.00. The summed E-state index contributed by atoms with van der Waals surface area (Å²) in [6, 6.07) is 6.00. The summed E-state index contributed by atoms with van der Waals surface area (Å²) >= 11 is 0. The Morgan fingerprint density at radius 3 is 2.85 bits per heavy atom. The van der Waals surface area contributed by atoms with Crippen molar-refractivity contribution >= 4 is 5.78 Å². The van der Waals surface area contributed by atoms with E-state index in [1.54, 1.807) is 7.11 Å². The van der Waals surface area contributed by atoms with Crippen molar-refractivity contribution in [2.45, 2.75) is 32.4 Å². The van der Waals surface area contributed by atoms with Crippen LogP contribution < -0.4 is 4.74 Å². The van der Waals surface area contributed by atoms with Crippen LogP contribution in [0.15, 0.2) is 18.2 Å². The standard InChI is InChI=1S/C16H23NO3/c1-11-5-6-13(16(9-11)19-4)15(18)10-17(3)14-7-8-20-12(14)2/h5-6,9,12,14H,7-8,10H2,1-4H3. The summed E-state index contributed by atoms with van der Waals surface area (Å²) in [5.74, 6) is 0.738. The third kappa shape index (κ3) is 3.19. The van der Waals surface area contributed by atoms with E-state index >= 15 is 0 Å². The summed E-state index contributed by atoms with van der Waals surface area (Å²) in [5, 5.41) is 0. The predicted octanol–water partition coefficient (Wildman–Crippen LogP) is 2.30. The summed E-state index contributed by atoms with van der Waals surface area (Å²) in [7, 11) is 3.58. The maximum atomic E-state index is 12.4. The highest BCUT2D eigenvalue weighted by atomic mass is 16.5. The van der Waals surface area contributed by atoms with Gasteiger partial charge in [0.15, 0.2) is 5.78 Å². The second kappa shape index (κ2) is 6.37. The van der Waals surface area contributed by atoms with Gasteiger partial charge in [0, 0.05) is 12.6 Å². The lowest BCUT2D eigenvalue weighted by Gasteiger charge is -2.26. The minimum absolute atomic E-state index is 0.0865. The summed E-state index contributed by atoms with van der Waals surface area (Å²) in [4.78, 5) is 14.5. The molecule has 0 aliphatic carbocycles. The van der Waals surface area contributed by atoms with E-state index in [0.717, 1.165) is 18.6 Å². The van der Waals surface area contributed by atoms with Gasteiger partial charge in [0.1, 0.15) is 5.75 Å². The lowest BCUT2D eigenvalue weighted by Crippen LogP contribution is -2.39. The van der Waals surface area contributed by atoms with Gasteiger partial charge in [-0.15, -0.1) is 0 Å². The van der Waals surface area contributed by atoms with E-state index in [9.17, 15) is 4.79 Å². The molecule has 20 heavy (non-hydrogen) atoms. The minimum atomic E-state index is 0.0865. The number of carbonyl (C=O) groups excluding carboxylic acids is 1. The molecule has 4 heteroatoms. The molecule has 1 aromatic rings. The number of rotatable bonds is 5. The molecule has 0 aromatic heterocycles. The third-order valence-electron chi connectivity index (χ3n) is 3.95. The van der Waals surface area contributed by atoms with Gasteiger partial charge in [-0.1, -0.05) is 6.07 Å². The van der Waals surface area contributed by atoms with Crippen molar-refractivity contribution in [2.24, 2.45) is 0 Å². The van der Waals surface area contributed by atoms with Crippen LogP contribution in [0.5, 0.6) is 5.75 Å². The van der Waals surface area contributed by atoms with Crippen LogP contribution in [-0.4, -0.2) is 50.1 Å². The molecular formula is C16H23NO3.